The molecular formula is C17H22F3NO4. The van der Waals surface area contributed by atoms with Crippen molar-refractivity contribution in [3.8, 4) is 17.2 Å². The number of alkyl halides is 3. The van der Waals surface area contributed by atoms with Gasteiger partial charge in [-0.1, -0.05) is 6.42 Å². The number of methoxy groups -OCH3 is 3. The molecule has 0 radical (unpaired) electrons. The monoisotopic (exact) mass is 361 g/mol. The van der Waals surface area contributed by atoms with E-state index in [9.17, 15) is 18.0 Å². The molecule has 140 valence electrons. The molecule has 1 N–H and O–H groups in total. The zero-order valence-electron chi connectivity index (χ0n) is 14.4. The third-order valence-electron chi connectivity index (χ3n) is 4.40. The number of benzene rings is 1. The van der Waals surface area contributed by atoms with Crippen molar-refractivity contribution in [3.05, 3.63) is 17.7 Å². The van der Waals surface area contributed by atoms with Gasteiger partial charge in [0.15, 0.2) is 11.5 Å². The number of amides is 1. The predicted molar refractivity (Wildman–Crippen MR) is 85.4 cm³/mol. The largest absolute Gasteiger partial charge is 0.493 e. The minimum absolute atomic E-state index is 0.0976. The summed E-state index contributed by atoms with van der Waals surface area (Å²) in [6.07, 6.45) is -3.25. The number of ether oxygens (including phenoxy) is 3. The van der Waals surface area contributed by atoms with Crippen molar-refractivity contribution in [3.63, 3.8) is 0 Å². The SMILES string of the molecule is COc1cc(C(=O)N[C@H]2CCC[C@@H](C(F)(F)F)C2)cc(OC)c1OC. The number of hydrogen-bond donors (Lipinski definition) is 1. The molecule has 0 aliphatic heterocycles. The first-order chi connectivity index (χ1) is 11.8. The van der Waals surface area contributed by atoms with Gasteiger partial charge in [-0.05, 0) is 31.4 Å². The molecule has 0 bridgehead atoms. The van der Waals surface area contributed by atoms with Crippen molar-refractivity contribution in [2.75, 3.05) is 21.3 Å². The van der Waals surface area contributed by atoms with Crippen LogP contribution in [0.2, 0.25) is 0 Å². The second-order valence-corrected chi connectivity index (χ2v) is 5.99. The molecule has 1 aliphatic carbocycles. The van der Waals surface area contributed by atoms with E-state index in [0.717, 1.165) is 0 Å². The van der Waals surface area contributed by atoms with Crippen LogP contribution in [0.15, 0.2) is 12.1 Å². The van der Waals surface area contributed by atoms with Crippen LogP contribution in [-0.4, -0.2) is 39.5 Å². The van der Waals surface area contributed by atoms with Crippen LogP contribution in [0.25, 0.3) is 0 Å². The molecule has 0 unspecified atom stereocenters. The molecule has 1 aromatic rings. The van der Waals surface area contributed by atoms with Crippen molar-refractivity contribution in [2.24, 2.45) is 5.92 Å². The van der Waals surface area contributed by atoms with Gasteiger partial charge in [-0.2, -0.15) is 13.2 Å². The van der Waals surface area contributed by atoms with E-state index < -0.39 is 24.0 Å². The zero-order valence-corrected chi connectivity index (χ0v) is 14.4. The van der Waals surface area contributed by atoms with Crippen LogP contribution in [0, 0.1) is 5.92 Å². The van der Waals surface area contributed by atoms with E-state index in [1.807, 2.05) is 0 Å². The van der Waals surface area contributed by atoms with Crippen LogP contribution in [0.5, 0.6) is 17.2 Å². The van der Waals surface area contributed by atoms with E-state index in [1.54, 1.807) is 0 Å². The summed E-state index contributed by atoms with van der Waals surface area (Å²) in [6, 6.07) is 2.44. The predicted octanol–water partition coefficient (Wildman–Crippen LogP) is 3.56. The Morgan fingerprint density at radius 2 is 1.68 bits per heavy atom. The molecule has 1 aromatic carbocycles. The van der Waals surface area contributed by atoms with E-state index in [1.165, 1.54) is 33.5 Å². The maximum Gasteiger partial charge on any atom is 0.391 e. The number of nitrogens with one attached hydrogen (secondary N) is 1. The summed E-state index contributed by atoms with van der Waals surface area (Å²) in [6.45, 7) is 0. The van der Waals surface area contributed by atoms with Gasteiger partial charge in [0.2, 0.25) is 5.75 Å². The summed E-state index contributed by atoms with van der Waals surface area (Å²) < 4.78 is 54.3. The van der Waals surface area contributed by atoms with E-state index >= 15 is 0 Å². The highest BCUT2D eigenvalue weighted by Gasteiger charge is 2.42. The summed E-state index contributed by atoms with van der Waals surface area (Å²) in [4.78, 5) is 12.5. The average Bonchev–Trinajstić information content (AvgIpc) is 2.59. The maximum atomic E-state index is 12.9. The molecule has 1 fully saturated rings. The molecule has 1 amide bonds. The minimum Gasteiger partial charge on any atom is -0.493 e. The second-order valence-electron chi connectivity index (χ2n) is 5.99. The Balaban J connectivity index is 2.15. The van der Waals surface area contributed by atoms with Gasteiger partial charge < -0.3 is 19.5 Å². The minimum atomic E-state index is -4.23. The molecule has 1 saturated carbocycles. The highest BCUT2D eigenvalue weighted by molar-refractivity contribution is 5.95. The lowest BCUT2D eigenvalue weighted by Gasteiger charge is -2.31. The fourth-order valence-electron chi connectivity index (χ4n) is 3.10. The molecule has 0 heterocycles. The van der Waals surface area contributed by atoms with Crippen molar-refractivity contribution < 1.29 is 32.2 Å². The number of rotatable bonds is 5. The molecular weight excluding hydrogens is 339 g/mol. The number of carbonyl (C=O) groups excluding carboxylic acids is 1. The Morgan fingerprint density at radius 3 is 2.16 bits per heavy atom. The maximum absolute atomic E-state index is 12.9. The van der Waals surface area contributed by atoms with Gasteiger partial charge in [-0.25, -0.2) is 0 Å². The molecule has 0 saturated heterocycles. The number of halogens is 3. The quantitative estimate of drug-likeness (QED) is 0.871. The molecule has 1 aliphatic rings. The van der Waals surface area contributed by atoms with Crippen LogP contribution in [0.1, 0.15) is 36.0 Å². The molecule has 25 heavy (non-hydrogen) atoms. The molecule has 0 aromatic heterocycles. The van der Waals surface area contributed by atoms with Gasteiger partial charge in [0.25, 0.3) is 5.91 Å². The summed E-state index contributed by atoms with van der Waals surface area (Å²) in [5.74, 6) is -0.873. The molecule has 5 nitrogen and oxygen atoms in total. The summed E-state index contributed by atoms with van der Waals surface area (Å²) in [5, 5.41) is 2.69. The molecule has 0 spiro atoms. The number of hydrogen-bond acceptors (Lipinski definition) is 4. The van der Waals surface area contributed by atoms with Gasteiger partial charge in [0.1, 0.15) is 0 Å². The van der Waals surface area contributed by atoms with Crippen molar-refractivity contribution in [1.29, 1.82) is 0 Å². The number of carbonyl (C=O) groups is 1. The van der Waals surface area contributed by atoms with E-state index in [-0.39, 0.29) is 18.4 Å². The first-order valence-electron chi connectivity index (χ1n) is 7.97. The van der Waals surface area contributed by atoms with E-state index in [4.69, 9.17) is 14.2 Å². The van der Waals surface area contributed by atoms with Crippen molar-refractivity contribution in [2.45, 2.75) is 37.9 Å². The van der Waals surface area contributed by atoms with E-state index in [0.29, 0.717) is 30.1 Å². The lowest BCUT2D eigenvalue weighted by molar-refractivity contribution is -0.183. The summed E-state index contributed by atoms with van der Waals surface area (Å²) in [7, 11) is 4.29. The summed E-state index contributed by atoms with van der Waals surface area (Å²) in [5.41, 5.74) is 0.239. The lowest BCUT2D eigenvalue weighted by Crippen LogP contribution is -2.41. The van der Waals surface area contributed by atoms with Crippen molar-refractivity contribution >= 4 is 5.91 Å². The van der Waals surface area contributed by atoms with Crippen LogP contribution < -0.4 is 19.5 Å². The Kier molecular flexibility index (Phi) is 6.02. The Labute approximate surface area is 144 Å². The van der Waals surface area contributed by atoms with Crippen LogP contribution in [-0.2, 0) is 0 Å². The van der Waals surface area contributed by atoms with Gasteiger partial charge in [0.05, 0.1) is 27.2 Å². The zero-order chi connectivity index (χ0) is 18.6. The molecule has 2 rings (SSSR count). The van der Waals surface area contributed by atoms with Gasteiger partial charge in [-0.3, -0.25) is 4.79 Å². The van der Waals surface area contributed by atoms with Crippen molar-refractivity contribution in [1.82, 2.24) is 5.32 Å². The highest BCUT2D eigenvalue weighted by Crippen LogP contribution is 2.39. The Hall–Kier alpha value is -2.12. The first-order valence-corrected chi connectivity index (χ1v) is 7.97. The third-order valence-corrected chi connectivity index (χ3v) is 4.40. The van der Waals surface area contributed by atoms with Gasteiger partial charge in [-0.15, -0.1) is 0 Å². The second kappa shape index (κ2) is 7.84. The highest BCUT2D eigenvalue weighted by atomic mass is 19.4. The van der Waals surface area contributed by atoms with E-state index in [2.05, 4.69) is 5.32 Å². The smallest absolute Gasteiger partial charge is 0.391 e. The Morgan fingerprint density at radius 1 is 1.08 bits per heavy atom. The lowest BCUT2D eigenvalue weighted by atomic mass is 9.85. The van der Waals surface area contributed by atoms with Gasteiger partial charge in [0, 0.05) is 11.6 Å². The van der Waals surface area contributed by atoms with Crippen LogP contribution in [0.4, 0.5) is 13.2 Å². The van der Waals surface area contributed by atoms with Gasteiger partial charge >= 0.3 is 6.18 Å². The average molecular weight is 361 g/mol. The molecule has 8 heteroatoms. The third kappa shape index (κ3) is 4.49. The summed E-state index contributed by atoms with van der Waals surface area (Å²) >= 11 is 0. The fourth-order valence-corrected chi connectivity index (χ4v) is 3.10. The van der Waals surface area contributed by atoms with Crippen LogP contribution >= 0.6 is 0 Å². The fraction of sp³-hybridized carbons (Fsp3) is 0.588. The standard InChI is InChI=1S/C17H22F3NO4/c1-23-13-7-10(8-14(24-2)15(13)25-3)16(22)21-12-6-4-5-11(9-12)17(18,19)20/h7-8,11-12H,4-6,9H2,1-3H3,(H,21,22)/t11-,12+/m1/s1. The van der Waals surface area contributed by atoms with Crippen LogP contribution in [0.3, 0.4) is 0 Å². The molecule has 2 atom stereocenters. The topological polar surface area (TPSA) is 56.8 Å². The first kappa shape index (κ1) is 19.2. The Bertz CT molecular complexity index is 593. The normalized spacial score (nSPS) is 20.7.